The molecule has 0 atom stereocenters. The minimum absolute atomic E-state index is 0.0637. The highest BCUT2D eigenvalue weighted by atomic mass is 32.2. The first-order valence-corrected chi connectivity index (χ1v) is 12.2. The lowest BCUT2D eigenvalue weighted by atomic mass is 10.1. The first kappa shape index (κ1) is 23.0. The van der Waals surface area contributed by atoms with Gasteiger partial charge >= 0.3 is 0 Å². The van der Waals surface area contributed by atoms with Crippen molar-refractivity contribution in [3.05, 3.63) is 65.7 Å². The van der Waals surface area contributed by atoms with E-state index in [1.165, 1.54) is 5.56 Å². The summed E-state index contributed by atoms with van der Waals surface area (Å²) in [6.07, 6.45) is 1.77. The summed E-state index contributed by atoms with van der Waals surface area (Å²) in [6, 6.07) is 16.6. The van der Waals surface area contributed by atoms with Crippen LogP contribution in [-0.2, 0) is 21.1 Å². The van der Waals surface area contributed by atoms with Gasteiger partial charge in [-0.1, -0.05) is 42.5 Å². The largest absolute Gasteiger partial charge is 0.368 e. The molecule has 0 aliphatic carbocycles. The van der Waals surface area contributed by atoms with Gasteiger partial charge in [-0.15, -0.1) is 0 Å². The molecule has 1 amide bonds. The lowest BCUT2D eigenvalue weighted by Gasteiger charge is -2.17. The van der Waals surface area contributed by atoms with Gasteiger partial charge in [-0.2, -0.15) is 0 Å². The van der Waals surface area contributed by atoms with E-state index in [1.807, 2.05) is 0 Å². The van der Waals surface area contributed by atoms with Crippen LogP contribution in [0.2, 0.25) is 0 Å². The summed E-state index contributed by atoms with van der Waals surface area (Å²) < 4.78 is 24.4. The normalized spacial score (nSPS) is 13.5. The molecule has 0 bridgehead atoms. The van der Waals surface area contributed by atoms with Gasteiger partial charge in [0.1, 0.15) is 11.7 Å². The number of hydrogen-bond donors (Lipinski definition) is 2. The number of carbonyl (C=O) groups excluding carboxylic acids is 1. The number of amidine groups is 1. The number of nitrogens with zero attached hydrogens (tertiary/aromatic N) is 2. The first-order chi connectivity index (χ1) is 15.0. The second kappa shape index (κ2) is 11.1. The smallest absolute Gasteiger partial charge is 0.222 e. The number of carbonyl (C=O) groups is 1. The molecule has 0 spiro atoms. The van der Waals surface area contributed by atoms with Crippen LogP contribution in [-0.4, -0.2) is 64.2 Å². The lowest BCUT2D eigenvalue weighted by molar-refractivity contribution is -0.129. The van der Waals surface area contributed by atoms with Crippen LogP contribution in [0, 0.1) is 0 Å². The molecule has 31 heavy (non-hydrogen) atoms. The Morgan fingerprint density at radius 1 is 1.13 bits per heavy atom. The summed E-state index contributed by atoms with van der Waals surface area (Å²) in [7, 11) is -1.54. The number of hydrogen-bond acceptors (Lipinski definition) is 6. The van der Waals surface area contributed by atoms with E-state index in [2.05, 4.69) is 39.9 Å². The van der Waals surface area contributed by atoms with E-state index in [4.69, 9.17) is 0 Å². The molecule has 1 aliphatic heterocycles. The van der Waals surface area contributed by atoms with Crippen molar-refractivity contribution >= 4 is 21.6 Å². The Hall–Kier alpha value is -2.71. The molecule has 1 aliphatic rings. The van der Waals surface area contributed by atoms with Crippen molar-refractivity contribution in [2.24, 2.45) is 4.99 Å². The van der Waals surface area contributed by atoms with Crippen molar-refractivity contribution < 1.29 is 13.2 Å². The van der Waals surface area contributed by atoms with E-state index in [1.54, 1.807) is 42.3 Å². The van der Waals surface area contributed by atoms with Crippen LogP contribution in [0.1, 0.15) is 24.0 Å². The van der Waals surface area contributed by atoms with Gasteiger partial charge in [0.15, 0.2) is 9.84 Å². The monoisotopic (exact) mass is 442 g/mol. The highest BCUT2D eigenvalue weighted by molar-refractivity contribution is 7.91. The van der Waals surface area contributed by atoms with Crippen molar-refractivity contribution in [3.63, 3.8) is 0 Å². The fraction of sp³-hybridized carbons (Fsp3) is 0.391. The third kappa shape index (κ3) is 6.90. The number of benzene rings is 2. The molecule has 0 aromatic heterocycles. The molecule has 0 saturated heterocycles. The summed E-state index contributed by atoms with van der Waals surface area (Å²) in [5.74, 6) is 0.886. The van der Waals surface area contributed by atoms with Gasteiger partial charge in [0, 0.05) is 32.1 Å². The minimum atomic E-state index is -3.34. The molecule has 0 fully saturated rings. The SMILES string of the molecule is CN(CCc1ccc(C2=NCCN2)cc1)C(=O)CCCNCS(=O)(=O)c1ccccc1. The minimum Gasteiger partial charge on any atom is -0.368 e. The highest BCUT2D eigenvalue weighted by Crippen LogP contribution is 2.10. The van der Waals surface area contributed by atoms with Gasteiger partial charge in [-0.25, -0.2) is 8.42 Å². The standard InChI is InChI=1S/C23H30N4O3S/c1-27(17-13-19-9-11-20(12-10-19)23-25-15-16-26-23)22(28)8-5-14-24-18-31(29,30)21-6-3-2-4-7-21/h2-4,6-7,9-12,24H,5,8,13-18H2,1H3,(H,25,26). The van der Waals surface area contributed by atoms with E-state index in [-0.39, 0.29) is 11.8 Å². The first-order valence-electron chi connectivity index (χ1n) is 10.6. The molecule has 2 N–H and O–H groups in total. The molecule has 0 saturated carbocycles. The molecule has 0 radical (unpaired) electrons. The fourth-order valence-corrected chi connectivity index (χ4v) is 4.47. The van der Waals surface area contributed by atoms with Gasteiger partial charge in [0.2, 0.25) is 5.91 Å². The molecule has 0 unspecified atom stereocenters. The fourth-order valence-electron chi connectivity index (χ4n) is 3.32. The van der Waals surface area contributed by atoms with Crippen LogP contribution >= 0.6 is 0 Å². The Morgan fingerprint density at radius 2 is 1.87 bits per heavy atom. The number of aliphatic imine (C=N–C) groups is 1. The zero-order valence-electron chi connectivity index (χ0n) is 17.9. The van der Waals surface area contributed by atoms with Gasteiger partial charge in [0.05, 0.1) is 11.4 Å². The molecular formula is C23H30N4O3S. The van der Waals surface area contributed by atoms with Crippen molar-refractivity contribution in [1.29, 1.82) is 0 Å². The third-order valence-corrected chi connectivity index (χ3v) is 6.78. The predicted molar refractivity (Wildman–Crippen MR) is 123 cm³/mol. The van der Waals surface area contributed by atoms with Crippen LogP contribution in [0.4, 0.5) is 0 Å². The van der Waals surface area contributed by atoms with E-state index in [0.717, 1.165) is 30.9 Å². The number of nitrogens with one attached hydrogen (secondary N) is 2. The maximum Gasteiger partial charge on any atom is 0.222 e. The number of rotatable bonds is 11. The molecule has 2 aromatic rings. The summed E-state index contributed by atoms with van der Waals surface area (Å²) >= 11 is 0. The summed E-state index contributed by atoms with van der Waals surface area (Å²) in [5.41, 5.74) is 2.27. The number of sulfone groups is 1. The van der Waals surface area contributed by atoms with Gasteiger partial charge in [-0.05, 0) is 37.1 Å². The average molecular weight is 443 g/mol. The maximum absolute atomic E-state index is 12.3. The van der Waals surface area contributed by atoms with Crippen LogP contribution in [0.25, 0.3) is 0 Å². The van der Waals surface area contributed by atoms with E-state index in [9.17, 15) is 13.2 Å². The predicted octanol–water partition coefficient (Wildman–Crippen LogP) is 1.84. The summed E-state index contributed by atoms with van der Waals surface area (Å²) in [4.78, 5) is 18.8. The van der Waals surface area contributed by atoms with Crippen molar-refractivity contribution in [1.82, 2.24) is 15.5 Å². The Bertz CT molecular complexity index is 989. The molecule has 8 heteroatoms. The summed E-state index contributed by atoms with van der Waals surface area (Å²) in [6.45, 7) is 2.84. The second-order valence-corrected chi connectivity index (χ2v) is 9.58. The average Bonchev–Trinajstić information content (AvgIpc) is 3.33. The van der Waals surface area contributed by atoms with Crippen LogP contribution in [0.5, 0.6) is 0 Å². The molecule has 1 heterocycles. The molecule has 3 rings (SSSR count). The Kier molecular flexibility index (Phi) is 8.20. The van der Waals surface area contributed by atoms with E-state index in [0.29, 0.717) is 30.8 Å². The Balaban J connectivity index is 1.33. The quantitative estimate of drug-likeness (QED) is 0.518. The summed E-state index contributed by atoms with van der Waals surface area (Å²) in [5, 5.41) is 6.19. The zero-order valence-corrected chi connectivity index (χ0v) is 18.7. The number of likely N-dealkylation sites (N-methyl/N-ethyl adjacent to an activating group) is 1. The molecule has 2 aromatic carbocycles. The molecule has 166 valence electrons. The number of amides is 1. The lowest BCUT2D eigenvalue weighted by Crippen LogP contribution is -2.30. The Labute approximate surface area is 184 Å². The second-order valence-electron chi connectivity index (χ2n) is 7.60. The molecule has 7 nitrogen and oxygen atoms in total. The van der Waals surface area contributed by atoms with E-state index < -0.39 is 9.84 Å². The topological polar surface area (TPSA) is 90.9 Å². The van der Waals surface area contributed by atoms with Crippen molar-refractivity contribution in [2.45, 2.75) is 24.2 Å². The van der Waals surface area contributed by atoms with Gasteiger partial charge < -0.3 is 15.5 Å². The van der Waals surface area contributed by atoms with E-state index >= 15 is 0 Å². The maximum atomic E-state index is 12.3. The van der Waals surface area contributed by atoms with Gasteiger partial charge in [-0.3, -0.25) is 9.79 Å². The van der Waals surface area contributed by atoms with Crippen molar-refractivity contribution in [2.75, 3.05) is 39.1 Å². The van der Waals surface area contributed by atoms with Crippen LogP contribution in [0.15, 0.2) is 64.5 Å². The molecular weight excluding hydrogens is 412 g/mol. The Morgan fingerprint density at radius 3 is 2.55 bits per heavy atom. The van der Waals surface area contributed by atoms with Crippen LogP contribution < -0.4 is 10.6 Å². The van der Waals surface area contributed by atoms with Crippen molar-refractivity contribution in [3.8, 4) is 0 Å². The van der Waals surface area contributed by atoms with Gasteiger partial charge in [0.25, 0.3) is 0 Å². The highest BCUT2D eigenvalue weighted by Gasteiger charge is 2.13. The van der Waals surface area contributed by atoms with Crippen LogP contribution in [0.3, 0.4) is 0 Å². The third-order valence-electron chi connectivity index (χ3n) is 5.20. The zero-order chi connectivity index (χ0) is 22.1.